The van der Waals surface area contributed by atoms with E-state index in [1.807, 2.05) is 12.3 Å². The Hall–Kier alpha value is 0.1000. The van der Waals surface area contributed by atoms with Crippen molar-refractivity contribution in [3.05, 3.63) is 20.8 Å². The second-order valence-corrected chi connectivity index (χ2v) is 4.85. The number of hydrogen-bond acceptors (Lipinski definition) is 3. The number of halogens is 1. The summed E-state index contributed by atoms with van der Waals surface area (Å²) in [6.45, 7) is 1.97. The second-order valence-electron chi connectivity index (χ2n) is 2.99. The summed E-state index contributed by atoms with van der Waals surface area (Å²) >= 11 is 5.06. The minimum absolute atomic E-state index is 0.0845. The van der Waals surface area contributed by atoms with E-state index in [0.29, 0.717) is 0 Å². The number of rotatable bonds is 3. The molecular formula is C8H13BrN2S. The number of nitrogens with two attached hydrogens (primary N) is 2. The maximum atomic E-state index is 5.92. The molecule has 0 aliphatic rings. The minimum atomic E-state index is 0.0845. The predicted molar refractivity (Wildman–Crippen MR) is 57.2 cm³/mol. The summed E-state index contributed by atoms with van der Waals surface area (Å²) in [5.74, 6) is 0. The summed E-state index contributed by atoms with van der Waals surface area (Å²) in [5.41, 5.74) is 11.6. The molecule has 0 fully saturated rings. The Labute approximate surface area is 85.1 Å². The zero-order chi connectivity index (χ0) is 9.14. The Morgan fingerprint density at radius 3 is 2.67 bits per heavy atom. The van der Waals surface area contributed by atoms with Crippen LogP contribution < -0.4 is 11.5 Å². The second kappa shape index (κ2) is 4.37. The van der Waals surface area contributed by atoms with E-state index in [4.69, 9.17) is 11.5 Å². The third-order valence-electron chi connectivity index (χ3n) is 1.58. The lowest BCUT2D eigenvalue weighted by Gasteiger charge is -2.11. The third kappa shape index (κ3) is 2.86. The van der Waals surface area contributed by atoms with E-state index in [9.17, 15) is 0 Å². The fourth-order valence-corrected chi connectivity index (χ4v) is 2.50. The Balaban J connectivity index is 2.58. The Morgan fingerprint density at radius 2 is 2.25 bits per heavy atom. The summed E-state index contributed by atoms with van der Waals surface area (Å²) in [7, 11) is 0. The van der Waals surface area contributed by atoms with Crippen LogP contribution in [0, 0.1) is 0 Å². The molecule has 1 aromatic heterocycles. The van der Waals surface area contributed by atoms with Crippen molar-refractivity contribution in [3.8, 4) is 0 Å². The van der Waals surface area contributed by atoms with Crippen molar-refractivity contribution in [2.75, 3.05) is 0 Å². The summed E-state index contributed by atoms with van der Waals surface area (Å²) in [6.07, 6.45) is 0.840. The van der Waals surface area contributed by atoms with E-state index in [0.717, 1.165) is 10.9 Å². The normalized spacial score (nSPS) is 16.0. The average molecular weight is 249 g/mol. The lowest BCUT2D eigenvalue weighted by molar-refractivity contribution is 0.575. The highest BCUT2D eigenvalue weighted by atomic mass is 79.9. The molecule has 12 heavy (non-hydrogen) atoms. The van der Waals surface area contributed by atoms with Crippen molar-refractivity contribution in [1.82, 2.24) is 0 Å². The molecule has 2 atom stereocenters. The van der Waals surface area contributed by atoms with E-state index in [1.54, 1.807) is 11.3 Å². The lowest BCUT2D eigenvalue weighted by Crippen LogP contribution is -2.22. The fraction of sp³-hybridized carbons (Fsp3) is 0.500. The highest BCUT2D eigenvalue weighted by molar-refractivity contribution is 9.10. The number of thiophene rings is 1. The van der Waals surface area contributed by atoms with Crippen LogP contribution in [0.25, 0.3) is 0 Å². The van der Waals surface area contributed by atoms with E-state index in [2.05, 4.69) is 22.0 Å². The Kier molecular flexibility index (Phi) is 3.71. The van der Waals surface area contributed by atoms with Crippen molar-refractivity contribution in [1.29, 1.82) is 0 Å². The smallest absolute Gasteiger partial charge is 0.0404 e. The first-order chi connectivity index (χ1) is 5.59. The monoisotopic (exact) mass is 248 g/mol. The maximum absolute atomic E-state index is 5.92. The quantitative estimate of drug-likeness (QED) is 0.863. The van der Waals surface area contributed by atoms with Crippen LogP contribution in [0.4, 0.5) is 0 Å². The summed E-state index contributed by atoms with van der Waals surface area (Å²) in [6, 6.07) is 2.31. The topological polar surface area (TPSA) is 52.0 Å². The molecule has 1 rings (SSSR count). The van der Waals surface area contributed by atoms with Crippen LogP contribution in [0.1, 0.15) is 24.3 Å². The lowest BCUT2D eigenvalue weighted by atomic mass is 10.1. The fourth-order valence-electron chi connectivity index (χ4n) is 1.04. The molecule has 2 nitrogen and oxygen atoms in total. The van der Waals surface area contributed by atoms with E-state index in [1.165, 1.54) is 4.88 Å². The molecule has 4 N–H and O–H groups in total. The van der Waals surface area contributed by atoms with Crippen LogP contribution in [0.3, 0.4) is 0 Å². The molecule has 0 aliphatic heterocycles. The summed E-state index contributed by atoms with van der Waals surface area (Å²) in [5, 5.41) is 2.04. The van der Waals surface area contributed by atoms with Gasteiger partial charge in [-0.3, -0.25) is 0 Å². The largest absolute Gasteiger partial charge is 0.328 e. The molecule has 4 heteroatoms. The molecule has 1 heterocycles. The molecule has 0 radical (unpaired) electrons. The molecule has 0 aromatic carbocycles. The molecule has 0 spiro atoms. The van der Waals surface area contributed by atoms with Crippen molar-refractivity contribution < 1.29 is 0 Å². The van der Waals surface area contributed by atoms with Crippen LogP contribution in [0.15, 0.2) is 15.9 Å². The van der Waals surface area contributed by atoms with Gasteiger partial charge in [0.2, 0.25) is 0 Å². The highest BCUT2D eigenvalue weighted by Gasteiger charge is 2.09. The van der Waals surface area contributed by atoms with Gasteiger partial charge in [0.1, 0.15) is 0 Å². The highest BCUT2D eigenvalue weighted by Crippen LogP contribution is 2.26. The minimum Gasteiger partial charge on any atom is -0.328 e. The molecule has 0 bridgehead atoms. The van der Waals surface area contributed by atoms with Crippen molar-refractivity contribution in [2.24, 2.45) is 11.5 Å². The van der Waals surface area contributed by atoms with Crippen molar-refractivity contribution in [3.63, 3.8) is 0 Å². The van der Waals surface area contributed by atoms with Gasteiger partial charge in [0, 0.05) is 26.8 Å². The first-order valence-corrected chi connectivity index (χ1v) is 5.52. The molecule has 0 saturated heterocycles. The van der Waals surface area contributed by atoms with E-state index < -0.39 is 0 Å². The van der Waals surface area contributed by atoms with Gasteiger partial charge in [-0.25, -0.2) is 0 Å². The third-order valence-corrected chi connectivity index (χ3v) is 3.40. The Morgan fingerprint density at radius 1 is 1.58 bits per heavy atom. The van der Waals surface area contributed by atoms with Gasteiger partial charge in [0.25, 0.3) is 0 Å². The maximum Gasteiger partial charge on any atom is 0.0404 e. The number of hydrogen-bond donors (Lipinski definition) is 2. The van der Waals surface area contributed by atoms with Gasteiger partial charge in [0.15, 0.2) is 0 Å². The van der Waals surface area contributed by atoms with Crippen LogP contribution in [-0.2, 0) is 0 Å². The zero-order valence-corrected chi connectivity index (χ0v) is 9.36. The van der Waals surface area contributed by atoms with E-state index >= 15 is 0 Å². The van der Waals surface area contributed by atoms with Gasteiger partial charge >= 0.3 is 0 Å². The predicted octanol–water partition coefficient (Wildman–Crippen LogP) is 2.25. The van der Waals surface area contributed by atoms with Crippen LogP contribution >= 0.6 is 27.3 Å². The summed E-state index contributed by atoms with van der Waals surface area (Å²) in [4.78, 5) is 1.19. The van der Waals surface area contributed by atoms with Gasteiger partial charge in [-0.1, -0.05) is 0 Å². The van der Waals surface area contributed by atoms with E-state index in [-0.39, 0.29) is 12.1 Å². The molecule has 0 amide bonds. The first-order valence-electron chi connectivity index (χ1n) is 3.84. The van der Waals surface area contributed by atoms with Gasteiger partial charge in [-0.15, -0.1) is 11.3 Å². The molecule has 1 aromatic rings. The van der Waals surface area contributed by atoms with Gasteiger partial charge in [-0.05, 0) is 35.3 Å². The van der Waals surface area contributed by atoms with Crippen LogP contribution in [0.5, 0.6) is 0 Å². The first kappa shape index (κ1) is 10.2. The Bertz CT molecular complexity index is 247. The SMILES string of the molecule is CC(N)CC(N)c1cc(Br)cs1. The van der Waals surface area contributed by atoms with Crippen molar-refractivity contribution >= 4 is 27.3 Å². The zero-order valence-electron chi connectivity index (χ0n) is 6.96. The molecule has 2 unspecified atom stereocenters. The standard InChI is InChI=1S/C8H13BrN2S/c1-5(10)2-7(11)8-3-6(9)4-12-8/h3-5,7H,2,10-11H2,1H3. The van der Waals surface area contributed by atoms with Gasteiger partial charge in [-0.2, -0.15) is 0 Å². The molecule has 68 valence electrons. The van der Waals surface area contributed by atoms with Crippen LogP contribution in [-0.4, -0.2) is 6.04 Å². The molecular weight excluding hydrogens is 236 g/mol. The van der Waals surface area contributed by atoms with Gasteiger partial charge < -0.3 is 11.5 Å². The average Bonchev–Trinajstić information content (AvgIpc) is 2.34. The van der Waals surface area contributed by atoms with Crippen LogP contribution in [0.2, 0.25) is 0 Å². The summed E-state index contributed by atoms with van der Waals surface area (Å²) < 4.78 is 1.10. The molecule has 0 saturated carbocycles. The molecule has 0 aliphatic carbocycles. The van der Waals surface area contributed by atoms with Crippen molar-refractivity contribution in [2.45, 2.75) is 25.4 Å². The van der Waals surface area contributed by atoms with Gasteiger partial charge in [0.05, 0.1) is 0 Å².